The minimum atomic E-state index is -0.849. The van der Waals surface area contributed by atoms with Gasteiger partial charge in [-0.15, -0.1) is 0 Å². The molecule has 5 heteroatoms. The number of hydrogen-bond acceptors (Lipinski definition) is 4. The summed E-state index contributed by atoms with van der Waals surface area (Å²) in [5.41, 5.74) is 0.809. The SMILES string of the molecule is COc1cccc(C(CC(=O)O)N(C)C)c1OC. The number of ether oxygens (including phenoxy) is 2. The summed E-state index contributed by atoms with van der Waals surface area (Å²) in [5.74, 6) is 0.339. The Balaban J connectivity index is 3.22. The molecule has 0 spiro atoms. The monoisotopic (exact) mass is 253 g/mol. The lowest BCUT2D eigenvalue weighted by molar-refractivity contribution is -0.138. The van der Waals surface area contributed by atoms with E-state index in [-0.39, 0.29) is 12.5 Å². The minimum absolute atomic E-state index is 0.0104. The fourth-order valence-corrected chi connectivity index (χ4v) is 1.91. The molecule has 0 saturated heterocycles. The van der Waals surface area contributed by atoms with Crippen molar-refractivity contribution in [1.82, 2.24) is 4.90 Å². The first-order valence-electron chi connectivity index (χ1n) is 5.60. The number of methoxy groups -OCH3 is 2. The van der Waals surface area contributed by atoms with Crippen LogP contribution >= 0.6 is 0 Å². The number of carboxylic acid groups (broad SMARTS) is 1. The van der Waals surface area contributed by atoms with Crippen molar-refractivity contribution in [2.45, 2.75) is 12.5 Å². The number of benzene rings is 1. The molecule has 0 amide bonds. The Bertz CT molecular complexity index is 417. The lowest BCUT2D eigenvalue weighted by Gasteiger charge is -2.25. The summed E-state index contributed by atoms with van der Waals surface area (Å²) in [6.07, 6.45) is 0.0104. The first kappa shape index (κ1) is 14.3. The first-order chi connectivity index (χ1) is 8.51. The molecule has 0 radical (unpaired) electrons. The van der Waals surface area contributed by atoms with E-state index in [4.69, 9.17) is 14.6 Å². The van der Waals surface area contributed by atoms with Gasteiger partial charge in [0.25, 0.3) is 0 Å². The molecule has 5 nitrogen and oxygen atoms in total. The maximum absolute atomic E-state index is 10.9. The molecular weight excluding hydrogens is 234 g/mol. The average molecular weight is 253 g/mol. The second-order valence-electron chi connectivity index (χ2n) is 4.16. The van der Waals surface area contributed by atoms with Crippen LogP contribution in [0.1, 0.15) is 18.0 Å². The Hall–Kier alpha value is -1.75. The normalized spacial score (nSPS) is 12.3. The second-order valence-corrected chi connectivity index (χ2v) is 4.16. The van der Waals surface area contributed by atoms with Gasteiger partial charge in [0.2, 0.25) is 0 Å². The molecule has 0 aliphatic rings. The third kappa shape index (κ3) is 3.13. The van der Waals surface area contributed by atoms with Crippen molar-refractivity contribution in [1.29, 1.82) is 0 Å². The van der Waals surface area contributed by atoms with Gasteiger partial charge in [0.15, 0.2) is 11.5 Å². The predicted molar refractivity (Wildman–Crippen MR) is 68.2 cm³/mol. The van der Waals surface area contributed by atoms with Crippen LogP contribution in [0.5, 0.6) is 11.5 Å². The predicted octanol–water partition coefficient (Wildman–Crippen LogP) is 1.78. The van der Waals surface area contributed by atoms with E-state index in [0.717, 1.165) is 5.56 Å². The van der Waals surface area contributed by atoms with Crippen LogP contribution in [0.2, 0.25) is 0 Å². The third-order valence-electron chi connectivity index (χ3n) is 2.78. The smallest absolute Gasteiger partial charge is 0.305 e. The molecule has 18 heavy (non-hydrogen) atoms. The molecule has 1 rings (SSSR count). The topological polar surface area (TPSA) is 59.0 Å². The summed E-state index contributed by atoms with van der Waals surface area (Å²) in [4.78, 5) is 12.8. The van der Waals surface area contributed by atoms with E-state index in [2.05, 4.69) is 0 Å². The molecular formula is C13H19NO4. The van der Waals surface area contributed by atoms with Crippen LogP contribution in [-0.2, 0) is 4.79 Å². The molecule has 100 valence electrons. The Morgan fingerprint density at radius 2 is 2.00 bits per heavy atom. The third-order valence-corrected chi connectivity index (χ3v) is 2.78. The molecule has 0 aliphatic carbocycles. The molecule has 1 aromatic rings. The maximum Gasteiger partial charge on any atom is 0.305 e. The first-order valence-corrected chi connectivity index (χ1v) is 5.60. The second kappa shape index (κ2) is 6.26. The van der Waals surface area contributed by atoms with E-state index in [9.17, 15) is 4.79 Å². The van der Waals surface area contributed by atoms with Gasteiger partial charge in [-0.3, -0.25) is 4.79 Å². The van der Waals surface area contributed by atoms with Gasteiger partial charge >= 0.3 is 5.97 Å². The summed E-state index contributed by atoms with van der Waals surface area (Å²) in [5, 5.41) is 8.99. The Morgan fingerprint density at radius 1 is 1.33 bits per heavy atom. The van der Waals surface area contributed by atoms with Crippen molar-refractivity contribution < 1.29 is 19.4 Å². The van der Waals surface area contributed by atoms with Crippen LogP contribution in [-0.4, -0.2) is 44.3 Å². The number of carbonyl (C=O) groups is 1. The maximum atomic E-state index is 10.9. The highest BCUT2D eigenvalue weighted by molar-refractivity contribution is 5.68. The van der Waals surface area contributed by atoms with E-state index in [1.54, 1.807) is 20.3 Å². The number of rotatable bonds is 6. The van der Waals surface area contributed by atoms with Gasteiger partial charge in [-0.25, -0.2) is 0 Å². The number of nitrogens with zero attached hydrogens (tertiary/aromatic N) is 1. The average Bonchev–Trinajstić information content (AvgIpc) is 2.34. The van der Waals surface area contributed by atoms with Crippen molar-refractivity contribution >= 4 is 5.97 Å². The van der Waals surface area contributed by atoms with Gasteiger partial charge in [0.1, 0.15) is 0 Å². The van der Waals surface area contributed by atoms with Crippen molar-refractivity contribution in [2.24, 2.45) is 0 Å². The molecule has 1 unspecified atom stereocenters. The Labute approximate surface area is 107 Å². The van der Waals surface area contributed by atoms with Gasteiger partial charge < -0.3 is 19.5 Å². The highest BCUT2D eigenvalue weighted by Gasteiger charge is 2.23. The summed E-state index contributed by atoms with van der Waals surface area (Å²) >= 11 is 0. The van der Waals surface area contributed by atoms with Crippen molar-refractivity contribution in [2.75, 3.05) is 28.3 Å². The van der Waals surface area contributed by atoms with Gasteiger partial charge in [-0.1, -0.05) is 12.1 Å². The van der Waals surface area contributed by atoms with E-state index in [1.807, 2.05) is 31.1 Å². The van der Waals surface area contributed by atoms with Crippen molar-refractivity contribution in [3.8, 4) is 11.5 Å². The fraction of sp³-hybridized carbons (Fsp3) is 0.462. The largest absolute Gasteiger partial charge is 0.493 e. The summed E-state index contributed by atoms with van der Waals surface area (Å²) in [7, 11) is 6.79. The molecule has 0 heterocycles. The summed E-state index contributed by atoms with van der Waals surface area (Å²) in [6.45, 7) is 0. The highest BCUT2D eigenvalue weighted by Crippen LogP contribution is 2.37. The quantitative estimate of drug-likeness (QED) is 0.837. The molecule has 0 bridgehead atoms. The number of para-hydroxylation sites is 1. The number of carboxylic acids is 1. The van der Waals surface area contributed by atoms with Crippen LogP contribution in [0.25, 0.3) is 0 Å². The lowest BCUT2D eigenvalue weighted by atomic mass is 10.0. The number of hydrogen-bond donors (Lipinski definition) is 1. The minimum Gasteiger partial charge on any atom is -0.493 e. The van der Waals surface area contributed by atoms with E-state index in [1.165, 1.54) is 0 Å². The lowest BCUT2D eigenvalue weighted by Crippen LogP contribution is -2.23. The zero-order chi connectivity index (χ0) is 13.7. The van der Waals surface area contributed by atoms with Crippen LogP contribution in [0.3, 0.4) is 0 Å². The molecule has 0 aromatic heterocycles. The van der Waals surface area contributed by atoms with E-state index >= 15 is 0 Å². The molecule has 1 atom stereocenters. The summed E-state index contributed by atoms with van der Waals surface area (Å²) < 4.78 is 10.6. The molecule has 0 saturated carbocycles. The van der Waals surface area contributed by atoms with Gasteiger partial charge in [0, 0.05) is 11.6 Å². The standard InChI is InChI=1S/C13H19NO4/c1-14(2)10(8-12(15)16)9-6-5-7-11(17-3)13(9)18-4/h5-7,10H,8H2,1-4H3,(H,15,16). The fourth-order valence-electron chi connectivity index (χ4n) is 1.91. The van der Waals surface area contributed by atoms with Gasteiger partial charge in [0.05, 0.1) is 20.6 Å². The molecule has 1 N–H and O–H groups in total. The summed E-state index contributed by atoms with van der Waals surface area (Å²) in [6, 6.07) is 5.22. The van der Waals surface area contributed by atoms with Crippen molar-refractivity contribution in [3.05, 3.63) is 23.8 Å². The van der Waals surface area contributed by atoms with E-state index in [0.29, 0.717) is 11.5 Å². The molecule has 1 aromatic carbocycles. The zero-order valence-electron chi connectivity index (χ0n) is 11.1. The Morgan fingerprint density at radius 3 is 2.44 bits per heavy atom. The van der Waals surface area contributed by atoms with Crippen LogP contribution < -0.4 is 9.47 Å². The van der Waals surface area contributed by atoms with Crippen LogP contribution in [0, 0.1) is 0 Å². The Kier molecular flexibility index (Phi) is 4.97. The molecule has 0 aliphatic heterocycles. The van der Waals surface area contributed by atoms with Gasteiger partial charge in [-0.05, 0) is 20.2 Å². The van der Waals surface area contributed by atoms with Crippen molar-refractivity contribution in [3.63, 3.8) is 0 Å². The van der Waals surface area contributed by atoms with E-state index < -0.39 is 5.97 Å². The molecule has 0 fully saturated rings. The van der Waals surface area contributed by atoms with Crippen LogP contribution in [0.4, 0.5) is 0 Å². The zero-order valence-corrected chi connectivity index (χ0v) is 11.1. The number of aliphatic carboxylic acids is 1. The highest BCUT2D eigenvalue weighted by atomic mass is 16.5. The van der Waals surface area contributed by atoms with Gasteiger partial charge in [-0.2, -0.15) is 0 Å². The van der Waals surface area contributed by atoms with Crippen LogP contribution in [0.15, 0.2) is 18.2 Å².